The molecule has 7 nitrogen and oxygen atoms in total. The van der Waals surface area contributed by atoms with Crippen molar-refractivity contribution in [2.24, 2.45) is 0 Å². The second kappa shape index (κ2) is 7.78. The van der Waals surface area contributed by atoms with Gasteiger partial charge in [-0.15, -0.1) is 0 Å². The Labute approximate surface area is 184 Å². The summed E-state index contributed by atoms with van der Waals surface area (Å²) < 4.78 is 64.0. The van der Waals surface area contributed by atoms with Crippen LogP contribution in [0.2, 0.25) is 0 Å². The Hall–Kier alpha value is 2.11. The van der Waals surface area contributed by atoms with Crippen LogP contribution in [0.4, 0.5) is 5.69 Å². The third-order valence-corrected chi connectivity index (χ3v) is 3.49. The van der Waals surface area contributed by atoms with Gasteiger partial charge in [0.15, 0.2) is 0 Å². The number of anilines is 1. The third kappa shape index (κ3) is 5.95. The van der Waals surface area contributed by atoms with E-state index in [1.165, 1.54) is 0 Å². The summed E-state index contributed by atoms with van der Waals surface area (Å²) in [5.41, 5.74) is 4.55. The number of benzene rings is 1. The molecule has 2 N–H and O–H groups in total. The van der Waals surface area contributed by atoms with Crippen LogP contribution >= 0.6 is 0 Å². The van der Waals surface area contributed by atoms with E-state index < -0.39 is 35.7 Å². The van der Waals surface area contributed by atoms with Gasteiger partial charge in [-0.05, 0) is 12.1 Å². The Morgan fingerprint density at radius 3 is 1.71 bits per heavy atom. The molecule has 0 aliphatic carbocycles. The van der Waals surface area contributed by atoms with E-state index in [9.17, 15) is 25.9 Å². The van der Waals surface area contributed by atoms with E-state index in [-0.39, 0.29) is 103 Å². The van der Waals surface area contributed by atoms with Crippen molar-refractivity contribution >= 4 is 25.9 Å². The number of rotatable bonds is 2. The molecule has 0 amide bonds. The van der Waals surface area contributed by atoms with Crippen LogP contribution in [0.25, 0.3) is 0 Å². The van der Waals surface area contributed by atoms with Gasteiger partial charge in [-0.2, -0.15) is 0 Å². The maximum absolute atomic E-state index is 10.7. The van der Waals surface area contributed by atoms with Gasteiger partial charge >= 0.3 is 103 Å². The first-order valence-corrected chi connectivity index (χ1v) is 6.26. The van der Waals surface area contributed by atoms with Crippen LogP contribution in [-0.4, -0.2) is 25.9 Å². The minimum absolute atomic E-state index is 0. The van der Waals surface area contributed by atoms with Crippen LogP contribution < -0.4 is 109 Å². The summed E-state index contributed by atoms with van der Waals surface area (Å²) in [5, 5.41) is 0. The van der Waals surface area contributed by atoms with E-state index in [0.29, 0.717) is 6.07 Å². The average Bonchev–Trinajstić information content (AvgIpc) is 1.99. The topological polar surface area (TPSA) is 140 Å². The largest absolute Gasteiger partial charge is 1.00 e. The predicted molar refractivity (Wildman–Crippen MR) is 46.8 cm³/mol. The van der Waals surface area contributed by atoms with E-state index in [1.807, 2.05) is 0 Å². The van der Waals surface area contributed by atoms with Crippen molar-refractivity contribution in [2.75, 3.05) is 5.73 Å². The molecule has 0 atom stereocenters. The summed E-state index contributed by atoms with van der Waals surface area (Å²) in [4.78, 5) is -2.32. The number of hydrogen-bond donors (Lipinski definition) is 1. The molecular formula is C6H5K2NO6S2. The summed E-state index contributed by atoms with van der Waals surface area (Å²) in [5.74, 6) is 0. The second-order valence-electron chi connectivity index (χ2n) is 2.58. The van der Waals surface area contributed by atoms with Gasteiger partial charge in [-0.1, -0.05) is 6.07 Å². The molecule has 0 saturated carbocycles. The van der Waals surface area contributed by atoms with Crippen LogP contribution in [-0.2, 0) is 20.2 Å². The molecular weight excluding hydrogens is 324 g/mol. The quantitative estimate of drug-likeness (QED) is 0.323. The molecule has 0 heterocycles. The third-order valence-electron chi connectivity index (χ3n) is 1.53. The number of nitrogen functional groups attached to an aromatic ring is 1. The van der Waals surface area contributed by atoms with Gasteiger partial charge in [0.1, 0.15) is 20.2 Å². The van der Waals surface area contributed by atoms with Gasteiger partial charge < -0.3 is 14.8 Å². The Balaban J connectivity index is 0. The molecule has 0 saturated heterocycles. The van der Waals surface area contributed by atoms with E-state index in [2.05, 4.69) is 0 Å². The summed E-state index contributed by atoms with van der Waals surface area (Å²) in [7, 11) is -10.1. The van der Waals surface area contributed by atoms with E-state index in [4.69, 9.17) is 5.73 Å². The summed E-state index contributed by atoms with van der Waals surface area (Å²) in [6.45, 7) is 0. The SMILES string of the molecule is Nc1cccc(S(=O)(=O)[O-])c1S(=O)(=O)[O-].[K+].[K+]. The first-order chi connectivity index (χ1) is 6.64. The van der Waals surface area contributed by atoms with Crippen molar-refractivity contribution in [1.29, 1.82) is 0 Å². The Kier molecular flexibility index (Phi) is 9.80. The molecule has 0 fully saturated rings. The first kappa shape index (κ1) is 21.4. The molecule has 0 radical (unpaired) electrons. The Morgan fingerprint density at radius 2 is 1.41 bits per heavy atom. The summed E-state index contributed by atoms with van der Waals surface area (Å²) in [6, 6.07) is 2.79. The molecule has 0 aliphatic heterocycles. The van der Waals surface area contributed by atoms with Gasteiger partial charge in [0.2, 0.25) is 0 Å². The molecule has 1 aromatic carbocycles. The maximum Gasteiger partial charge on any atom is 1.00 e. The Bertz CT molecular complexity index is 597. The maximum atomic E-state index is 10.7. The predicted octanol–water partition coefficient (Wildman–Crippen LogP) is -6.92. The van der Waals surface area contributed by atoms with Crippen molar-refractivity contribution in [3.8, 4) is 0 Å². The fourth-order valence-electron chi connectivity index (χ4n) is 0.997. The molecule has 84 valence electrons. The molecule has 0 unspecified atom stereocenters. The number of hydrogen-bond acceptors (Lipinski definition) is 7. The molecule has 1 rings (SSSR count). The first-order valence-electron chi connectivity index (χ1n) is 3.44. The van der Waals surface area contributed by atoms with E-state index in [1.54, 1.807) is 0 Å². The molecule has 11 heteroatoms. The van der Waals surface area contributed by atoms with Crippen LogP contribution in [0.3, 0.4) is 0 Å². The monoisotopic (exact) mass is 329 g/mol. The zero-order chi connectivity index (χ0) is 11.9. The molecule has 0 aromatic heterocycles. The molecule has 0 bridgehead atoms. The van der Waals surface area contributed by atoms with Gasteiger partial charge in [-0.25, -0.2) is 16.8 Å². The van der Waals surface area contributed by atoms with Crippen LogP contribution in [0.1, 0.15) is 0 Å². The van der Waals surface area contributed by atoms with Gasteiger partial charge in [0.05, 0.1) is 15.5 Å². The summed E-state index contributed by atoms with van der Waals surface area (Å²) in [6.07, 6.45) is 0. The summed E-state index contributed by atoms with van der Waals surface area (Å²) >= 11 is 0. The van der Waals surface area contributed by atoms with Crippen molar-refractivity contribution in [2.45, 2.75) is 9.79 Å². The fourth-order valence-corrected chi connectivity index (χ4v) is 2.87. The van der Waals surface area contributed by atoms with Gasteiger partial charge in [0.25, 0.3) is 0 Å². The molecule has 0 spiro atoms. The standard InChI is InChI=1S/C6H7NO6S2.2K/c7-4-2-1-3-5(14(8,9)10)6(4)15(11,12)13;;/h1-3H,7H2,(H,8,9,10)(H,11,12,13);;/q;2*+1/p-2. The zero-order valence-corrected chi connectivity index (χ0v) is 17.0. The number of nitrogens with two attached hydrogens (primary N) is 1. The minimum atomic E-state index is -5.10. The van der Waals surface area contributed by atoms with Gasteiger partial charge in [0, 0.05) is 0 Å². The smallest absolute Gasteiger partial charge is 0.744 e. The van der Waals surface area contributed by atoms with Crippen molar-refractivity contribution in [1.82, 2.24) is 0 Å². The van der Waals surface area contributed by atoms with E-state index >= 15 is 0 Å². The van der Waals surface area contributed by atoms with Crippen molar-refractivity contribution in [3.05, 3.63) is 18.2 Å². The van der Waals surface area contributed by atoms with E-state index in [0.717, 1.165) is 12.1 Å². The van der Waals surface area contributed by atoms with Crippen LogP contribution in [0.5, 0.6) is 0 Å². The minimum Gasteiger partial charge on any atom is -0.744 e. The zero-order valence-electron chi connectivity index (χ0n) is 9.08. The molecule has 17 heavy (non-hydrogen) atoms. The van der Waals surface area contributed by atoms with Crippen molar-refractivity contribution < 1.29 is 129 Å². The normalized spacial score (nSPS) is 11.2. The Morgan fingerprint density at radius 1 is 0.941 bits per heavy atom. The van der Waals surface area contributed by atoms with Gasteiger partial charge in [-0.3, -0.25) is 0 Å². The molecule has 1 aromatic rings. The van der Waals surface area contributed by atoms with Crippen LogP contribution in [0, 0.1) is 0 Å². The average molecular weight is 329 g/mol. The second-order valence-corrected chi connectivity index (χ2v) is 5.25. The van der Waals surface area contributed by atoms with Crippen molar-refractivity contribution in [3.63, 3.8) is 0 Å². The van der Waals surface area contributed by atoms with Crippen LogP contribution in [0.15, 0.2) is 28.0 Å². The molecule has 0 aliphatic rings. The fraction of sp³-hybridized carbons (Fsp3) is 0.